The van der Waals surface area contributed by atoms with E-state index in [0.717, 1.165) is 22.6 Å². The van der Waals surface area contributed by atoms with E-state index in [1.165, 1.54) is 58.2 Å². The van der Waals surface area contributed by atoms with Gasteiger partial charge in [-0.15, -0.1) is 11.3 Å². The van der Waals surface area contributed by atoms with E-state index in [0.29, 0.717) is 0 Å². The Morgan fingerprint density at radius 3 is 2.00 bits per heavy atom. The van der Waals surface area contributed by atoms with Crippen molar-refractivity contribution in [1.29, 1.82) is 0 Å². The highest BCUT2D eigenvalue weighted by Gasteiger charge is 2.20. The van der Waals surface area contributed by atoms with Crippen LogP contribution in [0.25, 0.3) is 63.7 Å². The third-order valence-electron chi connectivity index (χ3n) is 8.67. The summed E-state index contributed by atoms with van der Waals surface area (Å²) in [5.74, 6) is 0. The molecule has 0 saturated carbocycles. The first-order chi connectivity index (χ1) is 21.8. The maximum Gasteiger partial charge on any atom is 0.0909 e. The van der Waals surface area contributed by atoms with E-state index in [2.05, 4.69) is 150 Å². The Bertz CT molecular complexity index is 2490. The van der Waals surface area contributed by atoms with Crippen molar-refractivity contribution in [2.45, 2.75) is 0 Å². The molecule has 7 aromatic carbocycles. The molecule has 9 rings (SSSR count). The molecule has 0 spiro atoms. The fourth-order valence-electron chi connectivity index (χ4n) is 6.62. The molecule has 0 atom stereocenters. The zero-order chi connectivity index (χ0) is 29.0. The highest BCUT2D eigenvalue weighted by atomic mass is 32.1. The summed E-state index contributed by atoms with van der Waals surface area (Å²) in [6, 6.07) is 54.9. The average Bonchev–Trinajstić information content (AvgIpc) is 3.48. The van der Waals surface area contributed by atoms with E-state index in [9.17, 15) is 0 Å². The topological polar surface area (TPSA) is 16.1 Å². The summed E-state index contributed by atoms with van der Waals surface area (Å²) >= 11 is 1.80. The van der Waals surface area contributed by atoms with E-state index in [1.54, 1.807) is 11.3 Å². The standard InChI is InChI=1S/C41H26N2S/c1-2-8-27(9-3-1)28-19-22-32(23-20-28)43(36-12-6-13-37-40(36)41-38(44-37)14-7-25-42-41)33-24-21-30-16-18-31-17-15-29-10-4-5-11-34(29)39(31)35(30)26-33/h1-26H. The maximum absolute atomic E-state index is 4.86. The van der Waals surface area contributed by atoms with Crippen molar-refractivity contribution in [1.82, 2.24) is 4.98 Å². The van der Waals surface area contributed by atoms with Gasteiger partial charge >= 0.3 is 0 Å². The molecule has 2 aromatic heterocycles. The van der Waals surface area contributed by atoms with Gasteiger partial charge in [-0.25, -0.2) is 0 Å². The number of rotatable bonds is 4. The SMILES string of the molecule is c1ccc(-c2ccc(N(c3ccc4ccc5ccc6ccccc6c5c4c3)c3cccc4sc5cccnc5c34)cc2)cc1. The molecule has 0 amide bonds. The minimum absolute atomic E-state index is 1.05. The van der Waals surface area contributed by atoms with Gasteiger partial charge in [0.1, 0.15) is 0 Å². The molecule has 0 unspecified atom stereocenters. The Hall–Kier alpha value is -5.51. The van der Waals surface area contributed by atoms with Gasteiger partial charge in [0, 0.05) is 27.7 Å². The summed E-state index contributed by atoms with van der Waals surface area (Å²) in [5, 5.41) is 8.75. The molecule has 206 valence electrons. The monoisotopic (exact) mass is 578 g/mol. The number of hydrogen-bond acceptors (Lipinski definition) is 3. The van der Waals surface area contributed by atoms with E-state index in [1.807, 2.05) is 12.3 Å². The fourth-order valence-corrected chi connectivity index (χ4v) is 7.71. The number of anilines is 3. The molecule has 0 bridgehead atoms. The summed E-state index contributed by atoms with van der Waals surface area (Å²) in [6.07, 6.45) is 1.90. The molecule has 0 aliphatic carbocycles. The van der Waals surface area contributed by atoms with Crippen LogP contribution < -0.4 is 4.90 Å². The molecule has 2 nitrogen and oxygen atoms in total. The molecule has 0 aliphatic heterocycles. The highest BCUT2D eigenvalue weighted by Crippen LogP contribution is 2.45. The van der Waals surface area contributed by atoms with Gasteiger partial charge in [0.25, 0.3) is 0 Å². The van der Waals surface area contributed by atoms with Crippen molar-refractivity contribution >= 4 is 81.0 Å². The smallest absolute Gasteiger partial charge is 0.0909 e. The van der Waals surface area contributed by atoms with Crippen LogP contribution in [0.1, 0.15) is 0 Å². The van der Waals surface area contributed by atoms with Gasteiger partial charge in [-0.2, -0.15) is 0 Å². The maximum atomic E-state index is 4.86. The summed E-state index contributed by atoms with van der Waals surface area (Å²) in [5.41, 5.74) is 6.82. The molecule has 0 radical (unpaired) electrons. The minimum Gasteiger partial charge on any atom is -0.310 e. The number of aromatic nitrogens is 1. The molecule has 3 heteroatoms. The second-order valence-electron chi connectivity index (χ2n) is 11.2. The predicted octanol–water partition coefficient (Wildman–Crippen LogP) is 12.0. The lowest BCUT2D eigenvalue weighted by Gasteiger charge is -2.27. The van der Waals surface area contributed by atoms with Crippen LogP contribution in [0.4, 0.5) is 17.1 Å². The van der Waals surface area contributed by atoms with Crippen LogP contribution in [0.3, 0.4) is 0 Å². The number of pyridine rings is 1. The Morgan fingerprint density at radius 2 is 1.14 bits per heavy atom. The van der Waals surface area contributed by atoms with Gasteiger partial charge in [0.2, 0.25) is 0 Å². The predicted molar refractivity (Wildman–Crippen MR) is 190 cm³/mol. The Kier molecular flexibility index (Phi) is 5.71. The van der Waals surface area contributed by atoms with E-state index < -0.39 is 0 Å². The normalized spacial score (nSPS) is 11.6. The third-order valence-corrected chi connectivity index (χ3v) is 9.78. The van der Waals surface area contributed by atoms with Crippen molar-refractivity contribution in [2.75, 3.05) is 4.90 Å². The molecule has 44 heavy (non-hydrogen) atoms. The second-order valence-corrected chi connectivity index (χ2v) is 12.3. The van der Waals surface area contributed by atoms with Gasteiger partial charge in [-0.05, 0) is 92.0 Å². The Balaban J connectivity index is 1.33. The number of fused-ring (bicyclic) bond motifs is 8. The first-order valence-corrected chi connectivity index (χ1v) is 15.7. The molecular formula is C41H26N2S. The van der Waals surface area contributed by atoms with Crippen LogP contribution in [0.2, 0.25) is 0 Å². The zero-order valence-electron chi connectivity index (χ0n) is 23.8. The number of benzene rings is 7. The first-order valence-electron chi connectivity index (χ1n) is 14.9. The lowest BCUT2D eigenvalue weighted by atomic mass is 9.96. The van der Waals surface area contributed by atoms with Gasteiger partial charge in [-0.1, -0.05) is 103 Å². The van der Waals surface area contributed by atoms with Crippen LogP contribution >= 0.6 is 11.3 Å². The van der Waals surface area contributed by atoms with Crippen molar-refractivity contribution in [2.24, 2.45) is 0 Å². The fraction of sp³-hybridized carbons (Fsp3) is 0. The zero-order valence-corrected chi connectivity index (χ0v) is 24.6. The molecule has 0 aliphatic rings. The highest BCUT2D eigenvalue weighted by molar-refractivity contribution is 7.25. The van der Waals surface area contributed by atoms with E-state index >= 15 is 0 Å². The molecule has 2 heterocycles. The average molecular weight is 579 g/mol. The van der Waals surface area contributed by atoms with Crippen LogP contribution in [0.15, 0.2) is 158 Å². The van der Waals surface area contributed by atoms with Crippen molar-refractivity contribution in [3.63, 3.8) is 0 Å². The van der Waals surface area contributed by atoms with Crippen molar-refractivity contribution in [3.05, 3.63) is 158 Å². The third kappa shape index (κ3) is 3.98. The van der Waals surface area contributed by atoms with Crippen molar-refractivity contribution < 1.29 is 0 Å². The lowest BCUT2D eigenvalue weighted by molar-refractivity contribution is 1.30. The summed E-state index contributed by atoms with van der Waals surface area (Å²) in [6.45, 7) is 0. The number of nitrogens with zero attached hydrogens (tertiary/aromatic N) is 2. The van der Waals surface area contributed by atoms with Crippen LogP contribution in [0, 0.1) is 0 Å². The van der Waals surface area contributed by atoms with Crippen LogP contribution in [-0.4, -0.2) is 4.98 Å². The summed E-state index contributed by atoms with van der Waals surface area (Å²) in [7, 11) is 0. The number of thiophene rings is 1. The van der Waals surface area contributed by atoms with Gasteiger partial charge < -0.3 is 4.90 Å². The Labute approximate surface area is 259 Å². The van der Waals surface area contributed by atoms with Crippen LogP contribution in [-0.2, 0) is 0 Å². The summed E-state index contributed by atoms with van der Waals surface area (Å²) < 4.78 is 2.43. The Morgan fingerprint density at radius 1 is 0.455 bits per heavy atom. The van der Waals surface area contributed by atoms with Crippen LogP contribution in [0.5, 0.6) is 0 Å². The molecule has 9 aromatic rings. The van der Waals surface area contributed by atoms with Crippen molar-refractivity contribution in [3.8, 4) is 11.1 Å². The quantitative estimate of drug-likeness (QED) is 0.193. The molecule has 0 fully saturated rings. The lowest BCUT2D eigenvalue weighted by Crippen LogP contribution is -2.10. The summed E-state index contributed by atoms with van der Waals surface area (Å²) in [4.78, 5) is 7.27. The molecular weight excluding hydrogens is 553 g/mol. The van der Waals surface area contributed by atoms with Gasteiger partial charge in [0.15, 0.2) is 0 Å². The second kappa shape index (κ2) is 10.0. The number of hydrogen-bond donors (Lipinski definition) is 0. The largest absolute Gasteiger partial charge is 0.310 e. The first kappa shape index (κ1) is 25.0. The molecule has 0 saturated heterocycles. The minimum atomic E-state index is 1.05. The van der Waals surface area contributed by atoms with E-state index in [-0.39, 0.29) is 0 Å². The van der Waals surface area contributed by atoms with Gasteiger partial charge in [-0.3, -0.25) is 4.98 Å². The molecule has 0 N–H and O–H groups in total. The van der Waals surface area contributed by atoms with Gasteiger partial charge in [0.05, 0.1) is 15.9 Å². The van der Waals surface area contributed by atoms with E-state index in [4.69, 9.17) is 4.98 Å².